The van der Waals surface area contributed by atoms with Crippen molar-refractivity contribution in [1.29, 1.82) is 0 Å². The van der Waals surface area contributed by atoms with Gasteiger partial charge in [-0.1, -0.05) is 0 Å². The molecule has 2 N–H and O–H groups in total. The minimum absolute atomic E-state index is 0.0148. The van der Waals surface area contributed by atoms with Gasteiger partial charge in [-0.3, -0.25) is 10.1 Å². The van der Waals surface area contributed by atoms with Gasteiger partial charge in [-0.2, -0.15) is 0 Å². The van der Waals surface area contributed by atoms with Crippen molar-refractivity contribution in [3.8, 4) is 0 Å². The molecule has 0 aliphatic heterocycles. The van der Waals surface area contributed by atoms with E-state index in [0.717, 1.165) is 12.8 Å². The van der Waals surface area contributed by atoms with Crippen LogP contribution in [0.2, 0.25) is 0 Å². The molecule has 4 nitrogen and oxygen atoms in total. The molecule has 0 saturated heterocycles. The van der Waals surface area contributed by atoms with Crippen molar-refractivity contribution in [3.63, 3.8) is 0 Å². The summed E-state index contributed by atoms with van der Waals surface area (Å²) in [5.41, 5.74) is 0.447. The zero-order valence-electron chi connectivity index (χ0n) is 8.50. The van der Waals surface area contributed by atoms with Crippen LogP contribution in [0.4, 0.5) is 14.9 Å². The van der Waals surface area contributed by atoms with Crippen molar-refractivity contribution in [2.75, 3.05) is 5.32 Å². The second-order valence-corrected chi connectivity index (χ2v) is 3.72. The van der Waals surface area contributed by atoms with Gasteiger partial charge in [0.25, 0.3) is 0 Å². The van der Waals surface area contributed by atoms with Gasteiger partial charge >= 0.3 is 6.03 Å². The fourth-order valence-electron chi connectivity index (χ4n) is 1.26. The Hall–Kier alpha value is -1.91. The van der Waals surface area contributed by atoms with E-state index >= 15 is 0 Å². The number of benzene rings is 1. The SMILES string of the molecule is O=C(NC(=O)C1CC1)Nc1ccc(F)cc1. The number of carbonyl (C=O) groups is 2. The van der Waals surface area contributed by atoms with Gasteiger partial charge in [-0.15, -0.1) is 0 Å². The van der Waals surface area contributed by atoms with Gasteiger partial charge in [0.2, 0.25) is 5.91 Å². The van der Waals surface area contributed by atoms with E-state index in [1.54, 1.807) is 0 Å². The minimum Gasteiger partial charge on any atom is -0.308 e. The van der Waals surface area contributed by atoms with Crippen molar-refractivity contribution >= 4 is 17.6 Å². The third-order valence-electron chi connectivity index (χ3n) is 2.29. The summed E-state index contributed by atoms with van der Waals surface area (Å²) >= 11 is 0. The molecule has 1 aliphatic carbocycles. The van der Waals surface area contributed by atoms with Crippen LogP contribution in [-0.4, -0.2) is 11.9 Å². The van der Waals surface area contributed by atoms with Crippen LogP contribution in [0.25, 0.3) is 0 Å². The van der Waals surface area contributed by atoms with Crippen molar-refractivity contribution in [1.82, 2.24) is 5.32 Å². The van der Waals surface area contributed by atoms with Crippen molar-refractivity contribution < 1.29 is 14.0 Å². The van der Waals surface area contributed by atoms with E-state index in [9.17, 15) is 14.0 Å². The van der Waals surface area contributed by atoms with Crippen LogP contribution in [0, 0.1) is 11.7 Å². The maximum atomic E-state index is 12.6. The Morgan fingerprint density at radius 3 is 2.38 bits per heavy atom. The molecule has 0 radical (unpaired) electrons. The minimum atomic E-state index is -0.580. The van der Waals surface area contributed by atoms with Crippen molar-refractivity contribution in [3.05, 3.63) is 30.1 Å². The van der Waals surface area contributed by atoms with E-state index in [1.165, 1.54) is 24.3 Å². The molecule has 16 heavy (non-hydrogen) atoms. The average molecular weight is 222 g/mol. The number of carbonyl (C=O) groups excluding carboxylic acids is 2. The lowest BCUT2D eigenvalue weighted by Gasteiger charge is -2.05. The van der Waals surface area contributed by atoms with E-state index in [0.29, 0.717) is 5.69 Å². The van der Waals surface area contributed by atoms with Crippen LogP contribution < -0.4 is 10.6 Å². The fourth-order valence-corrected chi connectivity index (χ4v) is 1.26. The van der Waals surface area contributed by atoms with Crippen molar-refractivity contribution in [2.45, 2.75) is 12.8 Å². The lowest BCUT2D eigenvalue weighted by Crippen LogP contribution is -2.35. The molecule has 0 spiro atoms. The summed E-state index contributed by atoms with van der Waals surface area (Å²) < 4.78 is 12.6. The number of rotatable bonds is 2. The van der Waals surface area contributed by atoms with Gasteiger partial charge in [0, 0.05) is 11.6 Å². The van der Waals surface area contributed by atoms with Gasteiger partial charge in [-0.25, -0.2) is 9.18 Å². The van der Waals surface area contributed by atoms with Crippen LogP contribution >= 0.6 is 0 Å². The first kappa shape index (κ1) is 10.6. The molecule has 0 heterocycles. The van der Waals surface area contributed by atoms with Gasteiger partial charge in [0.05, 0.1) is 0 Å². The number of anilines is 1. The number of halogens is 1. The van der Waals surface area contributed by atoms with E-state index in [1.807, 2.05) is 0 Å². The van der Waals surface area contributed by atoms with E-state index < -0.39 is 6.03 Å². The topological polar surface area (TPSA) is 58.2 Å². The van der Waals surface area contributed by atoms with Crippen LogP contribution in [0.15, 0.2) is 24.3 Å². The highest BCUT2D eigenvalue weighted by Gasteiger charge is 2.30. The summed E-state index contributed by atoms with van der Waals surface area (Å²) in [5.74, 6) is -0.640. The molecule has 1 saturated carbocycles. The maximum absolute atomic E-state index is 12.6. The van der Waals surface area contributed by atoms with Crippen LogP contribution in [0.3, 0.4) is 0 Å². The van der Waals surface area contributed by atoms with Gasteiger partial charge in [-0.05, 0) is 37.1 Å². The predicted molar refractivity (Wildman–Crippen MR) is 56.3 cm³/mol. The summed E-state index contributed by atoms with van der Waals surface area (Å²) in [4.78, 5) is 22.5. The molecule has 0 unspecified atom stereocenters. The second-order valence-electron chi connectivity index (χ2n) is 3.72. The van der Waals surface area contributed by atoms with Gasteiger partial charge in [0.1, 0.15) is 5.82 Å². The monoisotopic (exact) mass is 222 g/mol. The zero-order chi connectivity index (χ0) is 11.5. The molecule has 5 heteroatoms. The number of hydrogen-bond donors (Lipinski definition) is 2. The highest BCUT2D eigenvalue weighted by atomic mass is 19.1. The summed E-state index contributed by atoms with van der Waals surface area (Å²) in [6, 6.07) is 4.74. The molecule has 1 aromatic carbocycles. The maximum Gasteiger partial charge on any atom is 0.325 e. The van der Waals surface area contributed by atoms with Crippen LogP contribution in [0.1, 0.15) is 12.8 Å². The Balaban J connectivity index is 1.86. The molecule has 84 valence electrons. The average Bonchev–Trinajstić information content (AvgIpc) is 3.04. The van der Waals surface area contributed by atoms with Crippen LogP contribution in [0.5, 0.6) is 0 Å². The van der Waals surface area contributed by atoms with Crippen molar-refractivity contribution in [2.24, 2.45) is 5.92 Å². The Morgan fingerprint density at radius 1 is 1.19 bits per heavy atom. The Kier molecular flexibility index (Phi) is 2.85. The number of amides is 3. The van der Waals surface area contributed by atoms with E-state index in [-0.39, 0.29) is 17.6 Å². The standard InChI is InChI=1S/C11H11FN2O2/c12-8-3-5-9(6-4-8)13-11(16)14-10(15)7-1-2-7/h3-7H,1-2H2,(H2,13,14,15,16). The second kappa shape index (κ2) is 4.30. The Labute approximate surface area is 91.8 Å². The first-order chi connectivity index (χ1) is 7.65. The number of nitrogens with one attached hydrogen (secondary N) is 2. The molecular formula is C11H11FN2O2. The molecule has 0 bridgehead atoms. The third kappa shape index (κ3) is 2.79. The predicted octanol–water partition coefficient (Wildman–Crippen LogP) is 1.88. The quantitative estimate of drug-likeness (QED) is 0.802. The summed E-state index contributed by atoms with van der Waals surface area (Å²) in [5, 5.41) is 4.67. The summed E-state index contributed by atoms with van der Waals surface area (Å²) in [7, 11) is 0. The first-order valence-corrected chi connectivity index (χ1v) is 5.02. The molecule has 0 atom stereocenters. The smallest absolute Gasteiger partial charge is 0.308 e. The third-order valence-corrected chi connectivity index (χ3v) is 2.29. The lowest BCUT2D eigenvalue weighted by molar-refractivity contribution is -0.121. The zero-order valence-corrected chi connectivity index (χ0v) is 8.50. The molecule has 3 amide bonds. The summed E-state index contributed by atoms with van der Waals surface area (Å²) in [6.45, 7) is 0. The lowest BCUT2D eigenvalue weighted by atomic mass is 10.3. The van der Waals surface area contributed by atoms with Gasteiger partial charge in [0.15, 0.2) is 0 Å². The first-order valence-electron chi connectivity index (χ1n) is 5.02. The normalized spacial score (nSPS) is 14.3. The highest BCUT2D eigenvalue weighted by Crippen LogP contribution is 2.28. The summed E-state index contributed by atoms with van der Waals surface area (Å²) in [6.07, 6.45) is 1.69. The Morgan fingerprint density at radius 2 is 1.81 bits per heavy atom. The Bertz CT molecular complexity index is 412. The van der Waals surface area contributed by atoms with E-state index in [4.69, 9.17) is 0 Å². The fraction of sp³-hybridized carbons (Fsp3) is 0.273. The molecular weight excluding hydrogens is 211 g/mol. The van der Waals surface area contributed by atoms with E-state index in [2.05, 4.69) is 10.6 Å². The highest BCUT2D eigenvalue weighted by molar-refractivity contribution is 6.02. The number of hydrogen-bond acceptors (Lipinski definition) is 2. The largest absolute Gasteiger partial charge is 0.325 e. The number of urea groups is 1. The molecule has 1 aliphatic rings. The molecule has 2 rings (SSSR count). The van der Waals surface area contributed by atoms with Crippen LogP contribution in [-0.2, 0) is 4.79 Å². The van der Waals surface area contributed by atoms with Gasteiger partial charge < -0.3 is 5.32 Å². The number of imide groups is 1. The molecule has 0 aromatic heterocycles. The molecule has 1 aromatic rings. The molecule has 1 fully saturated rings.